The van der Waals surface area contributed by atoms with Gasteiger partial charge in [-0.25, -0.2) is 17.7 Å². The van der Waals surface area contributed by atoms with Gasteiger partial charge in [-0.1, -0.05) is 12.1 Å². The van der Waals surface area contributed by atoms with Gasteiger partial charge in [-0.05, 0) is 62.1 Å². The van der Waals surface area contributed by atoms with Crippen molar-refractivity contribution in [2.75, 3.05) is 20.6 Å². The second-order valence-corrected chi connectivity index (χ2v) is 10.1. The van der Waals surface area contributed by atoms with Gasteiger partial charge in [-0.15, -0.1) is 0 Å². The number of amides is 1. The van der Waals surface area contributed by atoms with E-state index in [9.17, 15) is 13.2 Å². The Morgan fingerprint density at radius 3 is 2.63 bits per heavy atom. The van der Waals surface area contributed by atoms with Gasteiger partial charge in [0.2, 0.25) is 10.0 Å². The van der Waals surface area contributed by atoms with Gasteiger partial charge in [0.1, 0.15) is 5.82 Å². The number of rotatable bonds is 4. The third-order valence-corrected chi connectivity index (χ3v) is 7.80. The largest absolute Gasteiger partial charge is 0.340 e. The molecule has 2 aromatic carbocycles. The Morgan fingerprint density at radius 2 is 1.93 bits per heavy atom. The molecule has 1 N–H and O–H groups in total. The Labute approximate surface area is 176 Å². The van der Waals surface area contributed by atoms with Crippen LogP contribution in [0.5, 0.6) is 0 Å². The van der Waals surface area contributed by atoms with Gasteiger partial charge < -0.3 is 9.88 Å². The molecule has 2 heterocycles. The molecule has 4 rings (SSSR count). The molecule has 1 aliphatic heterocycles. The zero-order valence-electron chi connectivity index (χ0n) is 17.6. The SMILES string of the molecule is Cc1cc(C(=O)N2CCC[C@@H]2c2nc3ccccc3[nH]2)cc(S(=O)(=O)N(C)C)c1C. The summed E-state index contributed by atoms with van der Waals surface area (Å²) in [5.41, 5.74) is 3.65. The Morgan fingerprint density at radius 1 is 1.20 bits per heavy atom. The normalized spacial score (nSPS) is 17.2. The fourth-order valence-corrected chi connectivity index (χ4v) is 5.22. The van der Waals surface area contributed by atoms with E-state index >= 15 is 0 Å². The molecule has 0 aliphatic carbocycles. The molecule has 158 valence electrons. The second kappa shape index (κ2) is 7.52. The molecule has 1 saturated heterocycles. The van der Waals surface area contributed by atoms with Crippen LogP contribution >= 0.6 is 0 Å². The maximum absolute atomic E-state index is 13.4. The molecule has 8 heteroatoms. The number of para-hydroxylation sites is 2. The van der Waals surface area contributed by atoms with E-state index in [-0.39, 0.29) is 16.8 Å². The number of H-pyrrole nitrogens is 1. The molecule has 1 fully saturated rings. The number of benzene rings is 2. The number of hydrogen-bond donors (Lipinski definition) is 1. The summed E-state index contributed by atoms with van der Waals surface area (Å²) in [6.07, 6.45) is 1.69. The lowest BCUT2D eigenvalue weighted by Gasteiger charge is -2.24. The van der Waals surface area contributed by atoms with E-state index in [1.807, 2.05) is 31.2 Å². The number of imidazole rings is 1. The molecular weight excluding hydrogens is 400 g/mol. The van der Waals surface area contributed by atoms with Crippen molar-refractivity contribution in [1.29, 1.82) is 0 Å². The van der Waals surface area contributed by atoms with Crippen molar-refractivity contribution in [1.82, 2.24) is 19.2 Å². The van der Waals surface area contributed by atoms with E-state index < -0.39 is 10.0 Å². The average Bonchev–Trinajstić information content (AvgIpc) is 3.35. The van der Waals surface area contributed by atoms with Crippen LogP contribution in [0.25, 0.3) is 11.0 Å². The van der Waals surface area contributed by atoms with Crippen LogP contribution in [0.1, 0.15) is 46.2 Å². The highest BCUT2D eigenvalue weighted by molar-refractivity contribution is 7.89. The van der Waals surface area contributed by atoms with Crippen LogP contribution in [0, 0.1) is 13.8 Å². The Hall–Kier alpha value is -2.71. The van der Waals surface area contributed by atoms with Gasteiger partial charge in [0.15, 0.2) is 0 Å². The molecule has 1 atom stereocenters. The molecule has 1 aliphatic rings. The van der Waals surface area contributed by atoms with Gasteiger partial charge in [-0.3, -0.25) is 4.79 Å². The molecule has 1 aromatic heterocycles. The highest BCUT2D eigenvalue weighted by Crippen LogP contribution is 2.33. The predicted molar refractivity (Wildman–Crippen MR) is 116 cm³/mol. The van der Waals surface area contributed by atoms with E-state index in [0.717, 1.165) is 35.3 Å². The standard InChI is InChI=1S/C22H26N4O3S/c1-14-12-16(13-20(15(14)2)30(28,29)25(3)4)22(27)26-11-7-10-19(26)21-23-17-8-5-6-9-18(17)24-21/h5-6,8-9,12-13,19H,7,10-11H2,1-4H3,(H,23,24)/t19-/m1/s1. The molecule has 0 unspecified atom stereocenters. The Balaban J connectivity index is 1.72. The predicted octanol–water partition coefficient (Wildman–Crippen LogP) is 3.41. The van der Waals surface area contributed by atoms with Crippen LogP contribution in [-0.2, 0) is 10.0 Å². The summed E-state index contributed by atoms with van der Waals surface area (Å²) < 4.78 is 26.7. The molecule has 7 nitrogen and oxygen atoms in total. The minimum atomic E-state index is -3.65. The van der Waals surface area contributed by atoms with Crippen LogP contribution in [0.4, 0.5) is 0 Å². The lowest BCUT2D eigenvalue weighted by molar-refractivity contribution is 0.0730. The first kappa shape index (κ1) is 20.6. The summed E-state index contributed by atoms with van der Waals surface area (Å²) in [5, 5.41) is 0. The van der Waals surface area contributed by atoms with E-state index in [1.54, 1.807) is 17.9 Å². The maximum Gasteiger partial charge on any atom is 0.254 e. The molecule has 1 amide bonds. The summed E-state index contributed by atoms with van der Waals surface area (Å²) in [7, 11) is -0.655. The third-order valence-electron chi connectivity index (χ3n) is 5.86. The number of aryl methyl sites for hydroxylation is 1. The molecule has 0 saturated carbocycles. The number of nitrogens with one attached hydrogen (secondary N) is 1. The highest BCUT2D eigenvalue weighted by Gasteiger charge is 2.33. The number of likely N-dealkylation sites (tertiary alicyclic amines) is 1. The van der Waals surface area contributed by atoms with Crippen molar-refractivity contribution in [2.24, 2.45) is 0 Å². The van der Waals surface area contributed by atoms with Gasteiger partial charge in [0.05, 0.1) is 22.0 Å². The molecule has 0 radical (unpaired) electrons. The third kappa shape index (κ3) is 3.40. The summed E-state index contributed by atoms with van der Waals surface area (Å²) in [6, 6.07) is 10.9. The minimum Gasteiger partial charge on any atom is -0.340 e. The number of fused-ring (bicyclic) bond motifs is 1. The Bertz CT molecular complexity index is 1200. The number of aromatic amines is 1. The fourth-order valence-electron chi connectivity index (χ4n) is 4.01. The maximum atomic E-state index is 13.4. The highest BCUT2D eigenvalue weighted by atomic mass is 32.2. The smallest absolute Gasteiger partial charge is 0.254 e. The first-order valence-corrected chi connectivity index (χ1v) is 11.4. The molecule has 0 bridgehead atoms. The van der Waals surface area contributed by atoms with Crippen molar-refractivity contribution < 1.29 is 13.2 Å². The number of nitrogens with zero attached hydrogens (tertiary/aromatic N) is 3. The first-order valence-electron chi connectivity index (χ1n) is 9.99. The van der Waals surface area contributed by atoms with Gasteiger partial charge >= 0.3 is 0 Å². The van der Waals surface area contributed by atoms with E-state index in [4.69, 9.17) is 0 Å². The minimum absolute atomic E-state index is 0.152. The number of hydrogen-bond acceptors (Lipinski definition) is 4. The van der Waals surface area contributed by atoms with Crippen molar-refractivity contribution in [3.05, 3.63) is 58.9 Å². The van der Waals surface area contributed by atoms with Gasteiger partial charge in [0, 0.05) is 26.2 Å². The van der Waals surface area contributed by atoms with Crippen molar-refractivity contribution in [3.8, 4) is 0 Å². The summed E-state index contributed by atoms with van der Waals surface area (Å²) in [4.78, 5) is 23.4. The molecular formula is C22H26N4O3S. The van der Waals surface area contributed by atoms with E-state index in [0.29, 0.717) is 17.7 Å². The molecule has 3 aromatic rings. The zero-order chi connectivity index (χ0) is 21.6. The van der Waals surface area contributed by atoms with Crippen molar-refractivity contribution in [2.45, 2.75) is 37.6 Å². The molecule has 0 spiro atoms. The quantitative estimate of drug-likeness (QED) is 0.693. The van der Waals surface area contributed by atoms with Crippen LogP contribution in [0.2, 0.25) is 0 Å². The summed E-state index contributed by atoms with van der Waals surface area (Å²) in [5.74, 6) is 0.600. The average molecular weight is 427 g/mol. The van der Waals surface area contributed by atoms with Crippen LogP contribution in [0.15, 0.2) is 41.3 Å². The van der Waals surface area contributed by atoms with E-state index in [2.05, 4.69) is 9.97 Å². The first-order chi connectivity index (χ1) is 14.2. The molecule has 30 heavy (non-hydrogen) atoms. The van der Waals surface area contributed by atoms with Crippen molar-refractivity contribution in [3.63, 3.8) is 0 Å². The van der Waals surface area contributed by atoms with Gasteiger partial charge in [0.25, 0.3) is 5.91 Å². The zero-order valence-corrected chi connectivity index (χ0v) is 18.5. The van der Waals surface area contributed by atoms with E-state index in [1.165, 1.54) is 24.5 Å². The summed E-state index contributed by atoms with van der Waals surface area (Å²) >= 11 is 0. The number of aromatic nitrogens is 2. The fraction of sp³-hybridized carbons (Fsp3) is 0.364. The van der Waals surface area contributed by atoms with Crippen LogP contribution in [0.3, 0.4) is 0 Å². The lowest BCUT2D eigenvalue weighted by Crippen LogP contribution is -2.31. The van der Waals surface area contributed by atoms with Crippen LogP contribution in [-0.4, -0.2) is 54.1 Å². The summed E-state index contributed by atoms with van der Waals surface area (Å²) in [6.45, 7) is 4.22. The van der Waals surface area contributed by atoms with Gasteiger partial charge in [-0.2, -0.15) is 0 Å². The van der Waals surface area contributed by atoms with Crippen molar-refractivity contribution >= 4 is 27.0 Å². The number of carbonyl (C=O) groups is 1. The second-order valence-electron chi connectivity index (χ2n) is 8.00. The number of sulfonamides is 1. The lowest BCUT2D eigenvalue weighted by atomic mass is 10.0. The Kier molecular flexibility index (Phi) is 5.15. The van der Waals surface area contributed by atoms with Crippen LogP contribution < -0.4 is 0 Å². The monoisotopic (exact) mass is 426 g/mol. The topological polar surface area (TPSA) is 86.4 Å². The number of carbonyl (C=O) groups excluding carboxylic acids is 1.